The van der Waals surface area contributed by atoms with Crippen molar-refractivity contribution < 1.29 is 0 Å². The average molecular weight is 313 g/mol. The summed E-state index contributed by atoms with van der Waals surface area (Å²) >= 11 is 0. The highest BCUT2D eigenvalue weighted by Gasteiger charge is 2.56. The lowest BCUT2D eigenvalue weighted by Gasteiger charge is -2.54. The highest BCUT2D eigenvalue weighted by Crippen LogP contribution is 2.65. The van der Waals surface area contributed by atoms with Crippen molar-refractivity contribution in [2.24, 2.45) is 40.9 Å². The monoisotopic (exact) mass is 312 g/mol. The molecule has 7 atom stereocenters. The summed E-state index contributed by atoms with van der Waals surface area (Å²) in [4.78, 5) is 0. The Kier molecular flexibility index (Phi) is 4.01. The maximum absolute atomic E-state index is 4.46. The van der Waals surface area contributed by atoms with Gasteiger partial charge in [0.2, 0.25) is 0 Å². The third kappa shape index (κ3) is 2.38. The van der Waals surface area contributed by atoms with E-state index >= 15 is 0 Å². The summed E-state index contributed by atoms with van der Waals surface area (Å²) in [6, 6.07) is 0. The molecule has 4 aliphatic carbocycles. The quantitative estimate of drug-likeness (QED) is 0.493. The van der Waals surface area contributed by atoms with Crippen LogP contribution in [0.15, 0.2) is 23.8 Å². The molecule has 128 valence electrons. The molecule has 0 spiro atoms. The first kappa shape index (κ1) is 16.0. The highest BCUT2D eigenvalue weighted by molar-refractivity contribution is 5.21. The van der Waals surface area contributed by atoms with Crippen LogP contribution in [-0.2, 0) is 0 Å². The molecule has 0 amide bonds. The predicted molar refractivity (Wildman–Crippen MR) is 99.2 cm³/mol. The molecule has 0 heterocycles. The van der Waals surface area contributed by atoms with Gasteiger partial charge in [-0.05, 0) is 98.7 Å². The first-order chi connectivity index (χ1) is 11.0. The van der Waals surface area contributed by atoms with E-state index in [1.807, 2.05) is 5.57 Å². The number of hydrogen-bond donors (Lipinski definition) is 0. The molecule has 4 rings (SSSR count). The van der Waals surface area contributed by atoms with Crippen molar-refractivity contribution in [2.45, 2.75) is 78.6 Å². The van der Waals surface area contributed by atoms with Gasteiger partial charge in [-0.15, -0.1) is 0 Å². The maximum Gasteiger partial charge on any atom is -0.0149 e. The zero-order chi connectivity index (χ0) is 16.2. The lowest BCUT2D eigenvalue weighted by atomic mass is 9.50. The molecule has 0 aromatic heterocycles. The molecule has 0 nitrogen and oxygen atoms in total. The van der Waals surface area contributed by atoms with Crippen LogP contribution in [0.5, 0.6) is 0 Å². The van der Waals surface area contributed by atoms with Crippen LogP contribution in [0.4, 0.5) is 0 Å². The van der Waals surface area contributed by atoms with Crippen LogP contribution in [0, 0.1) is 40.9 Å². The van der Waals surface area contributed by atoms with E-state index in [0.717, 1.165) is 35.5 Å². The van der Waals surface area contributed by atoms with E-state index in [2.05, 4.69) is 33.4 Å². The van der Waals surface area contributed by atoms with E-state index in [1.54, 1.807) is 5.57 Å². The van der Waals surface area contributed by atoms with Gasteiger partial charge in [-0.25, -0.2) is 0 Å². The van der Waals surface area contributed by atoms with Gasteiger partial charge in [-0.3, -0.25) is 0 Å². The third-order valence-electron chi connectivity index (χ3n) is 8.63. The molecular formula is C23H36. The topological polar surface area (TPSA) is 0 Å². The number of allylic oxidation sites excluding steroid dienone is 3. The smallest absolute Gasteiger partial charge is 0.0149 e. The van der Waals surface area contributed by atoms with Gasteiger partial charge >= 0.3 is 0 Å². The lowest BCUT2D eigenvalue weighted by molar-refractivity contribution is -0.0165. The standard InChI is InChI=1S/C23H36/c1-5-16(3)21-10-11-22-20-9-7-17-14-15(2)6-8-18(17)19(20)12-13-23(21,22)4/h14-15,18-22H,3,5-13H2,1-2,4H3/t15?,18-,19?,20+,21?,22?,23?/m0/s1. The summed E-state index contributed by atoms with van der Waals surface area (Å²) in [7, 11) is 0. The van der Waals surface area contributed by atoms with Crippen molar-refractivity contribution in [2.75, 3.05) is 0 Å². The first-order valence-corrected chi connectivity index (χ1v) is 10.4. The second-order valence-corrected chi connectivity index (χ2v) is 9.56. The highest BCUT2D eigenvalue weighted by atomic mass is 14.6. The molecule has 3 saturated carbocycles. The Morgan fingerprint density at radius 3 is 2.74 bits per heavy atom. The van der Waals surface area contributed by atoms with Crippen molar-refractivity contribution in [1.29, 1.82) is 0 Å². The van der Waals surface area contributed by atoms with Crippen molar-refractivity contribution in [3.05, 3.63) is 23.8 Å². The van der Waals surface area contributed by atoms with Crippen LogP contribution < -0.4 is 0 Å². The molecule has 0 aromatic rings. The molecule has 0 aromatic carbocycles. The van der Waals surface area contributed by atoms with Crippen LogP contribution >= 0.6 is 0 Å². The molecule has 5 unspecified atom stereocenters. The zero-order valence-electron chi connectivity index (χ0n) is 15.6. The third-order valence-corrected chi connectivity index (χ3v) is 8.63. The van der Waals surface area contributed by atoms with E-state index in [1.165, 1.54) is 57.8 Å². The van der Waals surface area contributed by atoms with Gasteiger partial charge in [0.25, 0.3) is 0 Å². The van der Waals surface area contributed by atoms with Crippen LogP contribution in [0.3, 0.4) is 0 Å². The molecular weight excluding hydrogens is 276 g/mol. The van der Waals surface area contributed by atoms with E-state index in [4.69, 9.17) is 0 Å². The SMILES string of the molecule is C=C(CC)C1CCC2[C@@H]3CCC4=CC(C)CC[C@@H]4C3CCC12C. The number of hydrogen-bond acceptors (Lipinski definition) is 0. The summed E-state index contributed by atoms with van der Waals surface area (Å²) in [5, 5.41) is 0. The number of rotatable bonds is 2. The molecule has 0 radical (unpaired) electrons. The molecule has 3 fully saturated rings. The van der Waals surface area contributed by atoms with Crippen LogP contribution in [-0.4, -0.2) is 0 Å². The van der Waals surface area contributed by atoms with Gasteiger partial charge in [-0.1, -0.05) is 44.6 Å². The maximum atomic E-state index is 4.46. The second-order valence-electron chi connectivity index (χ2n) is 9.56. The van der Waals surface area contributed by atoms with Gasteiger partial charge in [0.15, 0.2) is 0 Å². The summed E-state index contributed by atoms with van der Waals surface area (Å²) in [6.07, 6.45) is 15.6. The largest absolute Gasteiger partial charge is 0.0996 e. The lowest BCUT2D eigenvalue weighted by Crippen LogP contribution is -2.46. The van der Waals surface area contributed by atoms with Gasteiger partial charge in [-0.2, -0.15) is 0 Å². The van der Waals surface area contributed by atoms with Crippen molar-refractivity contribution >= 4 is 0 Å². The molecule has 4 aliphatic rings. The minimum atomic E-state index is 0.581. The van der Waals surface area contributed by atoms with Crippen molar-refractivity contribution in [3.8, 4) is 0 Å². The van der Waals surface area contributed by atoms with Crippen molar-refractivity contribution in [1.82, 2.24) is 0 Å². The summed E-state index contributed by atoms with van der Waals surface area (Å²) in [5.74, 6) is 5.67. The number of fused-ring (bicyclic) bond motifs is 5. The van der Waals surface area contributed by atoms with E-state index in [9.17, 15) is 0 Å². The Bertz CT molecular complexity index is 512. The second kappa shape index (κ2) is 5.78. The average Bonchev–Trinajstić information content (AvgIpc) is 2.90. The zero-order valence-corrected chi connectivity index (χ0v) is 15.6. The summed E-state index contributed by atoms with van der Waals surface area (Å²) < 4.78 is 0. The van der Waals surface area contributed by atoms with E-state index in [0.29, 0.717) is 5.41 Å². The van der Waals surface area contributed by atoms with Gasteiger partial charge in [0.05, 0.1) is 0 Å². The minimum absolute atomic E-state index is 0.581. The van der Waals surface area contributed by atoms with Crippen LogP contribution in [0.1, 0.15) is 78.6 Å². The van der Waals surface area contributed by atoms with Crippen LogP contribution in [0.2, 0.25) is 0 Å². The van der Waals surface area contributed by atoms with E-state index in [-0.39, 0.29) is 0 Å². The predicted octanol–water partition coefficient (Wildman–Crippen LogP) is 6.78. The molecule has 23 heavy (non-hydrogen) atoms. The first-order valence-electron chi connectivity index (χ1n) is 10.4. The van der Waals surface area contributed by atoms with E-state index < -0.39 is 0 Å². The molecule has 0 bridgehead atoms. The summed E-state index contributed by atoms with van der Waals surface area (Å²) in [6.45, 7) is 11.8. The Morgan fingerprint density at radius 1 is 1.13 bits per heavy atom. The Morgan fingerprint density at radius 2 is 1.96 bits per heavy atom. The van der Waals surface area contributed by atoms with Gasteiger partial charge < -0.3 is 0 Å². The van der Waals surface area contributed by atoms with Crippen molar-refractivity contribution in [3.63, 3.8) is 0 Å². The minimum Gasteiger partial charge on any atom is -0.0996 e. The molecule has 0 saturated heterocycles. The summed E-state index contributed by atoms with van der Waals surface area (Å²) in [5.41, 5.74) is 4.00. The Labute approximate surface area is 143 Å². The molecule has 0 aliphatic heterocycles. The Hall–Kier alpha value is -0.520. The molecule has 0 heteroatoms. The van der Waals surface area contributed by atoms with Gasteiger partial charge in [0.1, 0.15) is 0 Å². The fraction of sp³-hybridized carbons (Fsp3) is 0.826. The Balaban J connectivity index is 1.59. The van der Waals surface area contributed by atoms with Crippen LogP contribution in [0.25, 0.3) is 0 Å². The fourth-order valence-electron chi connectivity index (χ4n) is 7.44. The molecule has 0 N–H and O–H groups in total. The normalized spacial score (nSPS) is 48.9. The fourth-order valence-corrected chi connectivity index (χ4v) is 7.44. The van der Waals surface area contributed by atoms with Gasteiger partial charge in [0, 0.05) is 0 Å².